The van der Waals surface area contributed by atoms with E-state index in [2.05, 4.69) is 5.32 Å². The van der Waals surface area contributed by atoms with Gasteiger partial charge in [-0.2, -0.15) is 0 Å². The molecular weight excluding hydrogens is 337 g/mol. The van der Waals surface area contributed by atoms with Crippen LogP contribution in [0.4, 0.5) is 4.39 Å². The maximum atomic E-state index is 13.1. The van der Waals surface area contributed by atoms with Crippen LogP contribution in [0.5, 0.6) is 0 Å². The Morgan fingerprint density at radius 3 is 2.31 bits per heavy atom. The number of halogens is 1. The second kappa shape index (κ2) is 8.14. The summed E-state index contributed by atoms with van der Waals surface area (Å²) in [5.41, 5.74) is -0.278. The van der Waals surface area contributed by atoms with Gasteiger partial charge in [0.25, 0.3) is 11.8 Å². The van der Waals surface area contributed by atoms with Crippen LogP contribution >= 0.6 is 0 Å². The predicted octanol–water partition coefficient (Wildman–Crippen LogP) is 1.27. The number of amides is 2. The van der Waals surface area contributed by atoms with E-state index >= 15 is 0 Å². The molecule has 1 aromatic rings. The number of ether oxygens (including phenoxy) is 1. The molecule has 2 saturated heterocycles. The molecule has 0 unspecified atom stereocenters. The molecule has 0 spiro atoms. The standard InChI is InChI=1S/C19H26FN3O3/c1-26-19(7-9-21-10-8-19)18(25)23-12-2-11-22(13-14-23)17(24)15-3-5-16(20)6-4-15/h3-6,21H,2,7-14H2,1H3. The van der Waals surface area contributed by atoms with Crippen molar-refractivity contribution in [1.82, 2.24) is 15.1 Å². The Morgan fingerprint density at radius 1 is 1.04 bits per heavy atom. The average Bonchev–Trinajstić information content (AvgIpc) is 2.94. The van der Waals surface area contributed by atoms with Gasteiger partial charge in [0.05, 0.1) is 0 Å². The number of carbonyl (C=O) groups is 2. The van der Waals surface area contributed by atoms with E-state index in [1.165, 1.54) is 24.3 Å². The Morgan fingerprint density at radius 2 is 1.65 bits per heavy atom. The van der Waals surface area contributed by atoms with Crippen LogP contribution in [0.15, 0.2) is 24.3 Å². The summed E-state index contributed by atoms with van der Waals surface area (Å²) in [6.07, 6.45) is 2.05. The highest BCUT2D eigenvalue weighted by Crippen LogP contribution is 2.26. The third-order valence-electron chi connectivity index (χ3n) is 5.35. The maximum Gasteiger partial charge on any atom is 0.254 e. The van der Waals surface area contributed by atoms with E-state index in [-0.39, 0.29) is 17.6 Å². The second-order valence-corrected chi connectivity index (χ2v) is 6.89. The summed E-state index contributed by atoms with van der Waals surface area (Å²) in [6.45, 7) is 3.70. The van der Waals surface area contributed by atoms with Crippen LogP contribution in [0, 0.1) is 5.82 Å². The Kier molecular flexibility index (Phi) is 5.88. The molecule has 0 radical (unpaired) electrons. The lowest BCUT2D eigenvalue weighted by atomic mass is 9.90. The normalized spacial score (nSPS) is 20.5. The number of carbonyl (C=O) groups excluding carboxylic acids is 2. The van der Waals surface area contributed by atoms with Gasteiger partial charge < -0.3 is 19.9 Å². The first-order chi connectivity index (χ1) is 12.6. The molecule has 26 heavy (non-hydrogen) atoms. The first-order valence-electron chi connectivity index (χ1n) is 9.16. The molecule has 0 aromatic heterocycles. The van der Waals surface area contributed by atoms with E-state index in [1.54, 1.807) is 12.0 Å². The third kappa shape index (κ3) is 3.88. The highest BCUT2D eigenvalue weighted by molar-refractivity contribution is 5.94. The minimum absolute atomic E-state index is 0.0255. The molecule has 1 N–H and O–H groups in total. The zero-order valence-corrected chi connectivity index (χ0v) is 15.2. The van der Waals surface area contributed by atoms with Gasteiger partial charge in [-0.15, -0.1) is 0 Å². The Hall–Kier alpha value is -1.99. The van der Waals surface area contributed by atoms with Crippen molar-refractivity contribution in [3.8, 4) is 0 Å². The Balaban J connectivity index is 1.65. The quantitative estimate of drug-likeness (QED) is 0.879. The Bertz CT molecular complexity index is 644. The molecule has 0 saturated carbocycles. The third-order valence-corrected chi connectivity index (χ3v) is 5.35. The molecule has 2 aliphatic heterocycles. The van der Waals surface area contributed by atoms with E-state index in [9.17, 15) is 14.0 Å². The van der Waals surface area contributed by atoms with Crippen LogP contribution in [-0.4, -0.2) is 73.6 Å². The fourth-order valence-corrected chi connectivity index (χ4v) is 3.72. The molecule has 2 aliphatic rings. The lowest BCUT2D eigenvalue weighted by Crippen LogP contribution is -2.56. The molecule has 7 heteroatoms. The molecule has 0 atom stereocenters. The van der Waals surface area contributed by atoms with Crippen molar-refractivity contribution >= 4 is 11.8 Å². The molecule has 142 valence electrons. The van der Waals surface area contributed by atoms with E-state index in [0.29, 0.717) is 44.6 Å². The number of rotatable bonds is 3. The zero-order valence-electron chi connectivity index (χ0n) is 15.2. The van der Waals surface area contributed by atoms with Gasteiger partial charge in [0.2, 0.25) is 0 Å². The number of hydrogen-bond donors (Lipinski definition) is 1. The van der Waals surface area contributed by atoms with Crippen LogP contribution in [0.25, 0.3) is 0 Å². The van der Waals surface area contributed by atoms with E-state index in [1.807, 2.05) is 4.90 Å². The van der Waals surface area contributed by atoms with Gasteiger partial charge in [-0.3, -0.25) is 9.59 Å². The lowest BCUT2D eigenvalue weighted by Gasteiger charge is -2.38. The molecular formula is C19H26FN3O3. The molecule has 6 nitrogen and oxygen atoms in total. The topological polar surface area (TPSA) is 61.9 Å². The van der Waals surface area contributed by atoms with E-state index in [0.717, 1.165) is 19.5 Å². The van der Waals surface area contributed by atoms with Crippen molar-refractivity contribution < 1.29 is 18.7 Å². The largest absolute Gasteiger partial charge is 0.368 e. The molecule has 1 aromatic carbocycles. The van der Waals surface area contributed by atoms with Crippen LogP contribution in [0.3, 0.4) is 0 Å². The number of nitrogens with zero attached hydrogens (tertiary/aromatic N) is 2. The maximum absolute atomic E-state index is 13.1. The minimum atomic E-state index is -0.749. The summed E-state index contributed by atoms with van der Waals surface area (Å²) in [7, 11) is 1.60. The van der Waals surface area contributed by atoms with Gasteiger partial charge in [-0.1, -0.05) is 0 Å². The molecule has 0 bridgehead atoms. The molecule has 2 fully saturated rings. The zero-order chi connectivity index (χ0) is 18.6. The SMILES string of the molecule is COC1(C(=O)N2CCCN(C(=O)c3ccc(F)cc3)CC2)CCNCC1. The van der Waals surface area contributed by atoms with Crippen molar-refractivity contribution in [3.63, 3.8) is 0 Å². The van der Waals surface area contributed by atoms with Gasteiger partial charge in [-0.05, 0) is 56.6 Å². The van der Waals surface area contributed by atoms with E-state index < -0.39 is 5.60 Å². The van der Waals surface area contributed by atoms with Crippen molar-refractivity contribution in [1.29, 1.82) is 0 Å². The number of nitrogens with one attached hydrogen (secondary N) is 1. The van der Waals surface area contributed by atoms with Crippen molar-refractivity contribution in [3.05, 3.63) is 35.6 Å². The van der Waals surface area contributed by atoms with Crippen molar-refractivity contribution in [2.24, 2.45) is 0 Å². The smallest absolute Gasteiger partial charge is 0.254 e. The summed E-state index contributed by atoms with van der Waals surface area (Å²) < 4.78 is 18.7. The monoisotopic (exact) mass is 363 g/mol. The van der Waals surface area contributed by atoms with E-state index in [4.69, 9.17) is 4.74 Å². The fourth-order valence-electron chi connectivity index (χ4n) is 3.72. The van der Waals surface area contributed by atoms with Crippen LogP contribution in [0.1, 0.15) is 29.6 Å². The van der Waals surface area contributed by atoms with Crippen LogP contribution in [0.2, 0.25) is 0 Å². The van der Waals surface area contributed by atoms with Crippen LogP contribution < -0.4 is 5.32 Å². The molecule has 0 aliphatic carbocycles. The van der Waals surface area contributed by atoms with Gasteiger partial charge >= 0.3 is 0 Å². The lowest BCUT2D eigenvalue weighted by molar-refractivity contribution is -0.158. The summed E-state index contributed by atoms with van der Waals surface area (Å²) in [5, 5.41) is 3.26. The number of hydrogen-bond acceptors (Lipinski definition) is 4. The second-order valence-electron chi connectivity index (χ2n) is 6.89. The van der Waals surface area contributed by atoms with Gasteiger partial charge in [0.1, 0.15) is 11.4 Å². The van der Waals surface area contributed by atoms with Crippen LogP contribution in [-0.2, 0) is 9.53 Å². The average molecular weight is 363 g/mol. The summed E-state index contributed by atoms with van der Waals surface area (Å²) in [6, 6.07) is 5.58. The number of benzene rings is 1. The van der Waals surface area contributed by atoms with Crippen molar-refractivity contribution in [2.45, 2.75) is 24.9 Å². The summed E-state index contributed by atoms with van der Waals surface area (Å²) in [4.78, 5) is 29.3. The van der Waals surface area contributed by atoms with Gasteiger partial charge in [0.15, 0.2) is 0 Å². The first kappa shape index (κ1) is 18.8. The van der Waals surface area contributed by atoms with Gasteiger partial charge in [0, 0.05) is 38.9 Å². The fraction of sp³-hybridized carbons (Fsp3) is 0.579. The molecule has 2 heterocycles. The molecule has 2 amide bonds. The number of piperidine rings is 1. The predicted molar refractivity (Wildman–Crippen MR) is 95.3 cm³/mol. The first-order valence-corrected chi connectivity index (χ1v) is 9.16. The van der Waals surface area contributed by atoms with Crippen molar-refractivity contribution in [2.75, 3.05) is 46.4 Å². The van der Waals surface area contributed by atoms with Gasteiger partial charge in [-0.25, -0.2) is 4.39 Å². The Labute approximate surface area is 153 Å². The minimum Gasteiger partial charge on any atom is -0.368 e. The summed E-state index contributed by atoms with van der Waals surface area (Å²) in [5.74, 6) is -0.457. The summed E-state index contributed by atoms with van der Waals surface area (Å²) >= 11 is 0. The highest BCUT2D eigenvalue weighted by atomic mass is 19.1. The molecule has 3 rings (SSSR count). The highest BCUT2D eigenvalue weighted by Gasteiger charge is 2.42. The number of methoxy groups -OCH3 is 1.